The van der Waals surface area contributed by atoms with Gasteiger partial charge in [0.2, 0.25) is 0 Å². The topological polar surface area (TPSA) is 105 Å². The van der Waals surface area contributed by atoms with E-state index in [4.69, 9.17) is 20.2 Å². The lowest BCUT2D eigenvalue weighted by Crippen LogP contribution is -2.52. The van der Waals surface area contributed by atoms with E-state index in [9.17, 15) is 18.0 Å². The summed E-state index contributed by atoms with van der Waals surface area (Å²) >= 11 is 0. The van der Waals surface area contributed by atoms with Crippen molar-refractivity contribution in [1.29, 1.82) is 0 Å². The maximum Gasteiger partial charge on any atom is 0.416 e. The van der Waals surface area contributed by atoms with Crippen molar-refractivity contribution >= 4 is 29.3 Å². The standard InChI is InChI=1S/C26H31F3N6O3/c1-17-3-4-20(32-25(36)35-7-10-38-23(16-35)26(27,28)29)13-21(17)18-11-22(19(14-30)15-31-2)33-24(12-18)34-5-8-37-9-6-34/h3-4,11-15,23H,5-10,16,30H2,1-2H3,(H,32,36)/t23-/m0/s1. The third kappa shape index (κ3) is 6.43. The first kappa shape index (κ1) is 27.4. The number of allylic oxidation sites excluding steroid dienone is 1. The number of pyridine rings is 1. The molecule has 204 valence electrons. The van der Waals surface area contributed by atoms with Gasteiger partial charge in [0.1, 0.15) is 5.82 Å². The highest BCUT2D eigenvalue weighted by Gasteiger charge is 2.44. The molecule has 9 nitrogen and oxygen atoms in total. The third-order valence-electron chi connectivity index (χ3n) is 6.41. The van der Waals surface area contributed by atoms with Crippen molar-refractivity contribution < 1.29 is 27.4 Å². The second-order valence-electron chi connectivity index (χ2n) is 9.01. The molecule has 0 bridgehead atoms. The van der Waals surface area contributed by atoms with Crippen LogP contribution in [0.3, 0.4) is 0 Å². The molecule has 2 aliphatic rings. The Morgan fingerprint density at radius 2 is 1.95 bits per heavy atom. The predicted octanol–water partition coefficient (Wildman–Crippen LogP) is 3.69. The van der Waals surface area contributed by atoms with Gasteiger partial charge in [0.25, 0.3) is 0 Å². The first-order chi connectivity index (χ1) is 18.2. The Balaban J connectivity index is 1.65. The fraction of sp³-hybridized carbons (Fsp3) is 0.423. The number of nitrogens with two attached hydrogens (primary N) is 1. The van der Waals surface area contributed by atoms with Gasteiger partial charge in [-0.15, -0.1) is 0 Å². The molecular formula is C26H31F3N6O3. The smallest absolute Gasteiger partial charge is 0.404 e. The number of carbonyl (C=O) groups excluding carboxylic acids is 1. The van der Waals surface area contributed by atoms with Crippen LogP contribution in [0.15, 0.2) is 41.5 Å². The zero-order chi connectivity index (χ0) is 27.3. The van der Waals surface area contributed by atoms with E-state index in [0.717, 1.165) is 27.4 Å². The summed E-state index contributed by atoms with van der Waals surface area (Å²) in [6.45, 7) is 3.83. The molecule has 0 radical (unpaired) electrons. The van der Waals surface area contributed by atoms with Crippen molar-refractivity contribution in [2.24, 2.45) is 10.7 Å². The van der Waals surface area contributed by atoms with Crippen molar-refractivity contribution in [3.63, 3.8) is 0 Å². The number of anilines is 2. The van der Waals surface area contributed by atoms with Crippen LogP contribution in [0.2, 0.25) is 0 Å². The van der Waals surface area contributed by atoms with Gasteiger partial charge in [0.15, 0.2) is 6.10 Å². The molecule has 1 atom stereocenters. The molecule has 2 amide bonds. The number of nitrogens with one attached hydrogen (secondary N) is 1. The highest BCUT2D eigenvalue weighted by molar-refractivity contribution is 6.09. The minimum absolute atomic E-state index is 0.0704. The highest BCUT2D eigenvalue weighted by atomic mass is 19.4. The first-order valence-electron chi connectivity index (χ1n) is 12.2. The predicted molar refractivity (Wildman–Crippen MR) is 140 cm³/mol. The maximum absolute atomic E-state index is 13.1. The zero-order valence-corrected chi connectivity index (χ0v) is 21.3. The van der Waals surface area contributed by atoms with E-state index in [1.54, 1.807) is 25.4 Å². The van der Waals surface area contributed by atoms with Gasteiger partial charge in [-0.1, -0.05) is 6.07 Å². The van der Waals surface area contributed by atoms with Gasteiger partial charge in [-0.25, -0.2) is 9.78 Å². The Hall–Kier alpha value is -3.64. The fourth-order valence-electron chi connectivity index (χ4n) is 4.35. The van der Waals surface area contributed by atoms with Gasteiger partial charge in [0.05, 0.1) is 32.1 Å². The molecule has 0 unspecified atom stereocenters. The van der Waals surface area contributed by atoms with E-state index in [1.807, 2.05) is 25.1 Å². The molecule has 1 aromatic carbocycles. The molecule has 12 heteroatoms. The monoisotopic (exact) mass is 532 g/mol. The SMILES string of the molecule is CN=CC(=CN)c1cc(-c2cc(NC(=O)N3CCO[C@H](C(F)(F)F)C3)ccc2C)cc(N2CCOCC2)n1. The number of aliphatic imine (C=N–C) groups is 1. The Morgan fingerprint density at radius 1 is 1.18 bits per heavy atom. The fourth-order valence-corrected chi connectivity index (χ4v) is 4.35. The number of urea groups is 1. The van der Waals surface area contributed by atoms with Crippen LogP contribution in [0.25, 0.3) is 16.7 Å². The van der Waals surface area contributed by atoms with E-state index in [-0.39, 0.29) is 13.2 Å². The number of aromatic nitrogens is 1. The van der Waals surface area contributed by atoms with Crippen LogP contribution in [0.5, 0.6) is 0 Å². The zero-order valence-electron chi connectivity index (χ0n) is 21.3. The van der Waals surface area contributed by atoms with Crippen LogP contribution < -0.4 is 16.0 Å². The third-order valence-corrected chi connectivity index (χ3v) is 6.41. The Morgan fingerprint density at radius 3 is 2.63 bits per heavy atom. The molecule has 0 saturated carbocycles. The molecule has 3 heterocycles. The first-order valence-corrected chi connectivity index (χ1v) is 12.2. The van der Waals surface area contributed by atoms with Crippen molar-refractivity contribution in [2.75, 3.05) is 63.3 Å². The molecular weight excluding hydrogens is 501 g/mol. The van der Waals surface area contributed by atoms with E-state index in [0.29, 0.717) is 43.3 Å². The van der Waals surface area contributed by atoms with Crippen molar-refractivity contribution in [1.82, 2.24) is 9.88 Å². The molecule has 1 aromatic heterocycles. The molecule has 4 rings (SSSR count). The number of nitrogens with zero attached hydrogens (tertiary/aromatic N) is 4. The van der Waals surface area contributed by atoms with E-state index in [2.05, 4.69) is 15.2 Å². The molecule has 0 aliphatic carbocycles. The molecule has 2 fully saturated rings. The average molecular weight is 533 g/mol. The van der Waals surface area contributed by atoms with Gasteiger partial charge in [-0.3, -0.25) is 4.99 Å². The van der Waals surface area contributed by atoms with Crippen LogP contribution in [0, 0.1) is 6.92 Å². The minimum Gasteiger partial charge on any atom is -0.404 e. The molecule has 2 aliphatic heterocycles. The van der Waals surface area contributed by atoms with Crippen molar-refractivity contribution in [3.8, 4) is 11.1 Å². The van der Waals surface area contributed by atoms with Gasteiger partial charge >= 0.3 is 12.2 Å². The second kappa shape index (κ2) is 11.8. The van der Waals surface area contributed by atoms with Crippen LogP contribution in [-0.4, -0.2) is 87.5 Å². The highest BCUT2D eigenvalue weighted by Crippen LogP contribution is 2.32. The number of hydrogen-bond donors (Lipinski definition) is 2. The summed E-state index contributed by atoms with van der Waals surface area (Å²) in [4.78, 5) is 25.0. The van der Waals surface area contributed by atoms with Crippen molar-refractivity contribution in [3.05, 3.63) is 47.8 Å². The summed E-state index contributed by atoms with van der Waals surface area (Å²) in [5, 5.41) is 2.74. The largest absolute Gasteiger partial charge is 0.416 e. The second-order valence-corrected chi connectivity index (χ2v) is 9.01. The summed E-state index contributed by atoms with van der Waals surface area (Å²) in [5.41, 5.74) is 10.2. The number of aryl methyl sites for hydroxylation is 1. The average Bonchev–Trinajstić information content (AvgIpc) is 2.92. The number of alkyl halides is 3. The Labute approximate surface area is 219 Å². The van der Waals surface area contributed by atoms with Crippen LogP contribution >= 0.6 is 0 Å². The molecule has 0 spiro atoms. The minimum atomic E-state index is -4.54. The van der Waals surface area contributed by atoms with Crippen LogP contribution in [-0.2, 0) is 9.47 Å². The van der Waals surface area contributed by atoms with Gasteiger partial charge in [-0.2, -0.15) is 13.2 Å². The summed E-state index contributed by atoms with van der Waals surface area (Å²) in [6.07, 6.45) is -3.45. The van der Waals surface area contributed by atoms with E-state index in [1.165, 1.54) is 6.20 Å². The normalized spacial score (nSPS) is 19.2. The molecule has 3 N–H and O–H groups in total. The number of carbonyl (C=O) groups is 1. The number of halogens is 3. The van der Waals surface area contributed by atoms with Gasteiger partial charge in [-0.05, 0) is 47.9 Å². The Bertz CT molecular complexity index is 1210. The number of amides is 2. The van der Waals surface area contributed by atoms with Crippen molar-refractivity contribution in [2.45, 2.75) is 19.2 Å². The number of hydrogen-bond acceptors (Lipinski definition) is 7. The summed E-state index contributed by atoms with van der Waals surface area (Å²) in [6, 6.07) is 8.62. The molecule has 2 aromatic rings. The lowest BCUT2D eigenvalue weighted by atomic mass is 9.98. The van der Waals surface area contributed by atoms with Crippen LogP contribution in [0.1, 0.15) is 11.3 Å². The molecule has 2 saturated heterocycles. The number of morpholine rings is 2. The Kier molecular flexibility index (Phi) is 8.52. The van der Waals surface area contributed by atoms with Crippen LogP contribution in [0.4, 0.5) is 29.5 Å². The maximum atomic E-state index is 13.1. The lowest BCUT2D eigenvalue weighted by molar-refractivity contribution is -0.233. The summed E-state index contributed by atoms with van der Waals surface area (Å²) in [5.74, 6) is 0.755. The lowest BCUT2D eigenvalue weighted by Gasteiger charge is -2.33. The number of benzene rings is 1. The number of rotatable bonds is 5. The quantitative estimate of drug-likeness (QED) is 0.570. The van der Waals surface area contributed by atoms with E-state index >= 15 is 0 Å². The number of ether oxygens (including phenoxy) is 2. The van der Waals surface area contributed by atoms with E-state index < -0.39 is 24.9 Å². The van der Waals surface area contributed by atoms with Gasteiger partial charge in [0, 0.05) is 50.4 Å². The molecule has 38 heavy (non-hydrogen) atoms. The van der Waals surface area contributed by atoms with Gasteiger partial charge < -0.3 is 30.3 Å². The summed E-state index contributed by atoms with van der Waals surface area (Å²) in [7, 11) is 1.65. The summed E-state index contributed by atoms with van der Waals surface area (Å²) < 4.78 is 49.6.